The first-order valence-corrected chi connectivity index (χ1v) is 6.35. The zero-order valence-electron chi connectivity index (χ0n) is 11.4. The Labute approximate surface area is 113 Å². The topological polar surface area (TPSA) is 70.2 Å². The molecule has 0 heterocycles. The highest BCUT2D eigenvalue weighted by atomic mass is 16.2. The van der Waals surface area contributed by atoms with E-state index in [-0.39, 0.29) is 6.03 Å². The van der Waals surface area contributed by atoms with Gasteiger partial charge in [0.15, 0.2) is 0 Å². The number of hydrogen-bond acceptors (Lipinski definition) is 2. The van der Waals surface area contributed by atoms with Gasteiger partial charge >= 0.3 is 6.03 Å². The summed E-state index contributed by atoms with van der Waals surface area (Å²) in [5, 5.41) is 8.23. The van der Waals surface area contributed by atoms with E-state index in [1.54, 1.807) is 0 Å². The molecule has 0 atom stereocenters. The van der Waals surface area contributed by atoms with Crippen molar-refractivity contribution >= 4 is 12.4 Å². The Morgan fingerprint density at radius 1 is 1.21 bits per heavy atom. The molecule has 0 bridgehead atoms. The van der Waals surface area contributed by atoms with Crippen molar-refractivity contribution < 1.29 is 9.59 Å². The Morgan fingerprint density at radius 3 is 2.53 bits per heavy atom. The number of amides is 3. The van der Waals surface area contributed by atoms with Crippen molar-refractivity contribution in [2.45, 2.75) is 25.8 Å². The Bertz CT molecular complexity index is 404. The minimum absolute atomic E-state index is 0.208. The number of urea groups is 1. The SMILES string of the molecule is CC(C)(NC(=O)NCCCNC=O)c1ccccc1. The molecule has 1 aromatic carbocycles. The van der Waals surface area contributed by atoms with Gasteiger partial charge < -0.3 is 16.0 Å². The number of nitrogens with one attached hydrogen (secondary N) is 3. The zero-order chi connectivity index (χ0) is 14.1. The molecule has 0 saturated heterocycles. The third-order valence-corrected chi connectivity index (χ3v) is 2.79. The second-order valence-electron chi connectivity index (χ2n) is 4.80. The van der Waals surface area contributed by atoms with Gasteiger partial charge in [-0.2, -0.15) is 0 Å². The third-order valence-electron chi connectivity index (χ3n) is 2.79. The van der Waals surface area contributed by atoms with Crippen LogP contribution in [0.1, 0.15) is 25.8 Å². The van der Waals surface area contributed by atoms with Crippen LogP contribution in [0.15, 0.2) is 30.3 Å². The van der Waals surface area contributed by atoms with Crippen LogP contribution in [-0.4, -0.2) is 25.5 Å². The van der Waals surface area contributed by atoms with E-state index in [0.717, 1.165) is 5.56 Å². The standard InChI is InChI=1S/C14H21N3O2/c1-14(2,12-7-4-3-5-8-12)17-13(19)16-10-6-9-15-11-18/h3-5,7-8,11H,6,9-10H2,1-2H3,(H,15,18)(H2,16,17,19). The summed E-state index contributed by atoms with van der Waals surface area (Å²) in [5.74, 6) is 0. The van der Waals surface area contributed by atoms with E-state index in [1.807, 2.05) is 44.2 Å². The summed E-state index contributed by atoms with van der Waals surface area (Å²) < 4.78 is 0. The lowest BCUT2D eigenvalue weighted by molar-refractivity contribution is -0.109. The van der Waals surface area contributed by atoms with Crippen LogP contribution < -0.4 is 16.0 Å². The van der Waals surface area contributed by atoms with Crippen LogP contribution in [0.5, 0.6) is 0 Å². The second kappa shape index (κ2) is 7.41. The van der Waals surface area contributed by atoms with Gasteiger partial charge in [-0.05, 0) is 25.8 Å². The molecule has 0 unspecified atom stereocenters. The molecule has 0 aliphatic rings. The Morgan fingerprint density at radius 2 is 1.89 bits per heavy atom. The van der Waals surface area contributed by atoms with E-state index in [2.05, 4.69) is 16.0 Å². The molecule has 5 heteroatoms. The summed E-state index contributed by atoms with van der Waals surface area (Å²) in [5.41, 5.74) is 0.625. The molecule has 0 aliphatic heterocycles. The summed E-state index contributed by atoms with van der Waals surface area (Å²) in [4.78, 5) is 21.8. The molecule has 0 spiro atoms. The number of rotatable bonds is 7. The number of benzene rings is 1. The molecule has 0 fully saturated rings. The molecular weight excluding hydrogens is 242 g/mol. The van der Waals surface area contributed by atoms with Gasteiger partial charge in [0, 0.05) is 13.1 Å². The molecule has 1 rings (SSSR count). The van der Waals surface area contributed by atoms with Crippen LogP contribution in [0, 0.1) is 0 Å². The van der Waals surface area contributed by atoms with Crippen LogP contribution in [0.4, 0.5) is 4.79 Å². The van der Waals surface area contributed by atoms with Gasteiger partial charge in [-0.25, -0.2) is 4.79 Å². The fraction of sp³-hybridized carbons (Fsp3) is 0.429. The molecule has 0 saturated carbocycles. The summed E-state index contributed by atoms with van der Waals surface area (Å²) >= 11 is 0. The molecule has 0 aliphatic carbocycles. The second-order valence-corrected chi connectivity index (χ2v) is 4.80. The summed E-state index contributed by atoms with van der Waals surface area (Å²) in [6, 6.07) is 9.59. The zero-order valence-corrected chi connectivity index (χ0v) is 11.4. The van der Waals surface area contributed by atoms with Crippen molar-refractivity contribution in [2.24, 2.45) is 0 Å². The molecule has 3 N–H and O–H groups in total. The van der Waals surface area contributed by atoms with Crippen molar-refractivity contribution in [3.8, 4) is 0 Å². The fourth-order valence-electron chi connectivity index (χ4n) is 1.71. The minimum atomic E-state index is -0.424. The first kappa shape index (κ1) is 15.0. The smallest absolute Gasteiger partial charge is 0.315 e. The average Bonchev–Trinajstić information content (AvgIpc) is 2.39. The first-order chi connectivity index (χ1) is 9.06. The largest absolute Gasteiger partial charge is 0.359 e. The lowest BCUT2D eigenvalue weighted by Crippen LogP contribution is -2.46. The van der Waals surface area contributed by atoms with Gasteiger partial charge in [-0.3, -0.25) is 4.79 Å². The quantitative estimate of drug-likeness (QED) is 0.513. The Kier molecular flexibility index (Phi) is 5.85. The van der Waals surface area contributed by atoms with Crippen LogP contribution in [-0.2, 0) is 10.3 Å². The highest BCUT2D eigenvalue weighted by molar-refractivity contribution is 5.74. The van der Waals surface area contributed by atoms with E-state index in [0.29, 0.717) is 25.9 Å². The summed E-state index contributed by atoms with van der Waals surface area (Å²) in [6.45, 7) is 5.00. The van der Waals surface area contributed by atoms with Crippen molar-refractivity contribution in [1.82, 2.24) is 16.0 Å². The fourth-order valence-corrected chi connectivity index (χ4v) is 1.71. The van der Waals surface area contributed by atoms with Crippen LogP contribution in [0.2, 0.25) is 0 Å². The number of carbonyl (C=O) groups excluding carboxylic acids is 2. The van der Waals surface area contributed by atoms with Crippen molar-refractivity contribution in [2.75, 3.05) is 13.1 Å². The molecule has 5 nitrogen and oxygen atoms in total. The molecule has 19 heavy (non-hydrogen) atoms. The third kappa shape index (κ3) is 5.42. The van der Waals surface area contributed by atoms with Gasteiger partial charge in [0.2, 0.25) is 6.41 Å². The molecule has 0 radical (unpaired) electrons. The van der Waals surface area contributed by atoms with Gasteiger partial charge in [-0.15, -0.1) is 0 Å². The highest BCUT2D eigenvalue weighted by Gasteiger charge is 2.21. The van der Waals surface area contributed by atoms with Crippen LogP contribution >= 0.6 is 0 Å². The van der Waals surface area contributed by atoms with Crippen LogP contribution in [0.3, 0.4) is 0 Å². The maximum Gasteiger partial charge on any atom is 0.315 e. The molecule has 1 aromatic rings. The molecular formula is C14H21N3O2. The van der Waals surface area contributed by atoms with Crippen LogP contribution in [0.25, 0.3) is 0 Å². The Hall–Kier alpha value is -2.04. The van der Waals surface area contributed by atoms with Crippen molar-refractivity contribution in [1.29, 1.82) is 0 Å². The highest BCUT2D eigenvalue weighted by Crippen LogP contribution is 2.18. The van der Waals surface area contributed by atoms with Gasteiger partial charge in [0.1, 0.15) is 0 Å². The van der Waals surface area contributed by atoms with Gasteiger partial charge in [0.05, 0.1) is 5.54 Å². The van der Waals surface area contributed by atoms with Crippen molar-refractivity contribution in [3.05, 3.63) is 35.9 Å². The molecule has 104 valence electrons. The summed E-state index contributed by atoms with van der Waals surface area (Å²) in [7, 11) is 0. The number of hydrogen-bond donors (Lipinski definition) is 3. The predicted molar refractivity (Wildman–Crippen MR) is 74.7 cm³/mol. The summed E-state index contributed by atoms with van der Waals surface area (Å²) in [6.07, 6.45) is 1.36. The Balaban J connectivity index is 2.37. The average molecular weight is 263 g/mol. The van der Waals surface area contributed by atoms with Gasteiger partial charge in [0.25, 0.3) is 0 Å². The maximum absolute atomic E-state index is 11.8. The molecule has 0 aromatic heterocycles. The van der Waals surface area contributed by atoms with E-state index >= 15 is 0 Å². The van der Waals surface area contributed by atoms with E-state index in [4.69, 9.17) is 0 Å². The molecule has 3 amide bonds. The van der Waals surface area contributed by atoms with Gasteiger partial charge in [-0.1, -0.05) is 30.3 Å². The van der Waals surface area contributed by atoms with E-state index in [1.165, 1.54) is 0 Å². The lowest BCUT2D eigenvalue weighted by atomic mass is 9.95. The first-order valence-electron chi connectivity index (χ1n) is 6.35. The van der Waals surface area contributed by atoms with E-state index < -0.39 is 5.54 Å². The van der Waals surface area contributed by atoms with Crippen molar-refractivity contribution in [3.63, 3.8) is 0 Å². The normalized spacial score (nSPS) is 10.6. The predicted octanol–water partition coefficient (Wildman–Crippen LogP) is 1.36. The minimum Gasteiger partial charge on any atom is -0.359 e. The maximum atomic E-state index is 11.8. The monoisotopic (exact) mass is 263 g/mol. The van der Waals surface area contributed by atoms with E-state index in [9.17, 15) is 9.59 Å². The number of carbonyl (C=O) groups is 2. The lowest BCUT2D eigenvalue weighted by Gasteiger charge is -2.27.